The molecule has 0 atom stereocenters. The van der Waals surface area contributed by atoms with E-state index in [0.29, 0.717) is 0 Å². The van der Waals surface area contributed by atoms with Gasteiger partial charge in [0, 0.05) is 6.54 Å². The second-order valence-electron chi connectivity index (χ2n) is 2.68. The summed E-state index contributed by atoms with van der Waals surface area (Å²) in [6.45, 7) is 0.280. The zero-order valence-corrected chi connectivity index (χ0v) is 8.21. The molecule has 1 aromatic rings. The maximum absolute atomic E-state index is 11.2. The largest absolute Gasteiger partial charge is 0.469 e. The van der Waals surface area contributed by atoms with Crippen LogP contribution in [0.25, 0.3) is 0 Å². The molecule has 0 saturated carbocycles. The minimum absolute atomic E-state index is 0.0359. The van der Waals surface area contributed by atoms with Crippen molar-refractivity contribution in [2.24, 2.45) is 0 Å². The van der Waals surface area contributed by atoms with E-state index in [1.54, 1.807) is 0 Å². The second-order valence-corrected chi connectivity index (χ2v) is 2.68. The summed E-state index contributed by atoms with van der Waals surface area (Å²) < 4.78 is 5.70. The summed E-state index contributed by atoms with van der Waals surface area (Å²) in [7, 11) is 1.30. The lowest BCUT2D eigenvalue weighted by molar-refractivity contribution is -0.140. The van der Waals surface area contributed by atoms with Gasteiger partial charge in [0.15, 0.2) is 0 Å². The van der Waals surface area contributed by atoms with Gasteiger partial charge in [0.25, 0.3) is 0 Å². The minimum Gasteiger partial charge on any atom is -0.469 e. The van der Waals surface area contributed by atoms with Crippen LogP contribution in [0.3, 0.4) is 0 Å². The van der Waals surface area contributed by atoms with Crippen LogP contribution in [0.1, 0.15) is 6.42 Å². The molecular formula is C7H11N5O3. The van der Waals surface area contributed by atoms with Crippen molar-refractivity contribution in [3.8, 4) is 0 Å². The predicted molar refractivity (Wildman–Crippen MR) is 47.5 cm³/mol. The number of aromatic nitrogens is 4. The molecule has 8 nitrogen and oxygen atoms in total. The smallest absolute Gasteiger partial charge is 0.307 e. The molecule has 1 N–H and O–H groups in total. The predicted octanol–water partition coefficient (Wildman–Crippen LogP) is -1.65. The van der Waals surface area contributed by atoms with Crippen molar-refractivity contribution in [3.05, 3.63) is 6.33 Å². The van der Waals surface area contributed by atoms with Gasteiger partial charge in [0.2, 0.25) is 5.91 Å². The Balaban J connectivity index is 2.17. The fraction of sp³-hybridized carbons (Fsp3) is 0.571. The Morgan fingerprint density at radius 3 is 2.93 bits per heavy atom. The van der Waals surface area contributed by atoms with E-state index in [1.807, 2.05) is 0 Å². The number of methoxy groups -OCH3 is 1. The molecule has 0 aliphatic rings. The van der Waals surface area contributed by atoms with Crippen LogP contribution in [-0.2, 0) is 20.9 Å². The van der Waals surface area contributed by atoms with E-state index in [2.05, 4.69) is 25.6 Å². The molecule has 0 aromatic carbocycles. The number of esters is 1. The number of nitrogens with zero attached hydrogens (tertiary/aromatic N) is 4. The lowest BCUT2D eigenvalue weighted by atomic mass is 10.4. The maximum Gasteiger partial charge on any atom is 0.307 e. The number of ether oxygens (including phenoxy) is 1. The molecule has 1 aromatic heterocycles. The molecule has 0 saturated heterocycles. The molecule has 0 aliphatic carbocycles. The number of nitrogens with one attached hydrogen (secondary N) is 1. The fourth-order valence-electron chi connectivity index (χ4n) is 0.862. The van der Waals surface area contributed by atoms with Crippen LogP contribution in [0, 0.1) is 0 Å². The van der Waals surface area contributed by atoms with Gasteiger partial charge in [-0.2, -0.15) is 0 Å². The van der Waals surface area contributed by atoms with Crippen LogP contribution in [0.4, 0.5) is 0 Å². The van der Waals surface area contributed by atoms with E-state index in [1.165, 1.54) is 18.1 Å². The molecule has 0 radical (unpaired) electrons. The van der Waals surface area contributed by atoms with Crippen molar-refractivity contribution in [2.45, 2.75) is 13.0 Å². The SMILES string of the molecule is COC(=O)CCNC(=O)Cn1cnnn1. The Hall–Kier alpha value is -1.99. The third kappa shape index (κ3) is 4.16. The van der Waals surface area contributed by atoms with Crippen molar-refractivity contribution in [1.29, 1.82) is 0 Å². The summed E-state index contributed by atoms with van der Waals surface area (Å²) in [5, 5.41) is 12.8. The molecule has 1 heterocycles. The number of carbonyl (C=O) groups is 2. The van der Waals surface area contributed by atoms with E-state index in [9.17, 15) is 9.59 Å². The molecule has 0 bridgehead atoms. The van der Waals surface area contributed by atoms with E-state index >= 15 is 0 Å². The monoisotopic (exact) mass is 213 g/mol. The number of hydrogen-bond donors (Lipinski definition) is 1. The molecule has 0 fully saturated rings. The van der Waals surface area contributed by atoms with Gasteiger partial charge >= 0.3 is 5.97 Å². The van der Waals surface area contributed by atoms with Crippen molar-refractivity contribution in [2.75, 3.05) is 13.7 Å². The number of amides is 1. The summed E-state index contributed by atoms with van der Waals surface area (Å²) >= 11 is 0. The summed E-state index contributed by atoms with van der Waals surface area (Å²) in [5.74, 6) is -0.621. The third-order valence-corrected chi connectivity index (χ3v) is 1.58. The Morgan fingerprint density at radius 2 is 2.33 bits per heavy atom. The van der Waals surface area contributed by atoms with Crippen LogP contribution < -0.4 is 5.32 Å². The molecule has 8 heteroatoms. The molecule has 82 valence electrons. The highest BCUT2D eigenvalue weighted by molar-refractivity contribution is 5.76. The Labute approximate surface area is 85.6 Å². The van der Waals surface area contributed by atoms with Crippen LogP contribution in [-0.4, -0.2) is 45.7 Å². The van der Waals surface area contributed by atoms with Gasteiger partial charge in [0.1, 0.15) is 12.9 Å². The van der Waals surface area contributed by atoms with Crippen molar-refractivity contribution >= 4 is 11.9 Å². The number of rotatable bonds is 5. The van der Waals surface area contributed by atoms with Gasteiger partial charge in [-0.1, -0.05) is 0 Å². The zero-order chi connectivity index (χ0) is 11.1. The highest BCUT2D eigenvalue weighted by Crippen LogP contribution is 1.83. The van der Waals surface area contributed by atoms with Gasteiger partial charge in [-0.15, -0.1) is 5.10 Å². The summed E-state index contributed by atoms with van der Waals surface area (Å²) in [5.41, 5.74) is 0. The van der Waals surface area contributed by atoms with Gasteiger partial charge in [-0.25, -0.2) is 4.68 Å². The fourth-order valence-corrected chi connectivity index (χ4v) is 0.862. The average molecular weight is 213 g/mol. The number of carbonyl (C=O) groups excluding carboxylic acids is 2. The number of hydrogen-bond acceptors (Lipinski definition) is 6. The summed E-state index contributed by atoms with van der Waals surface area (Å²) in [6.07, 6.45) is 1.48. The van der Waals surface area contributed by atoms with Crippen LogP contribution in [0.5, 0.6) is 0 Å². The second kappa shape index (κ2) is 5.68. The molecule has 0 aliphatic heterocycles. The Morgan fingerprint density at radius 1 is 1.53 bits per heavy atom. The van der Waals surface area contributed by atoms with Gasteiger partial charge in [-0.3, -0.25) is 9.59 Å². The van der Waals surface area contributed by atoms with Crippen LogP contribution in [0.15, 0.2) is 6.33 Å². The van der Waals surface area contributed by atoms with E-state index < -0.39 is 0 Å². The minimum atomic E-state index is -0.363. The highest BCUT2D eigenvalue weighted by Gasteiger charge is 2.04. The molecule has 1 amide bonds. The van der Waals surface area contributed by atoms with Gasteiger partial charge < -0.3 is 10.1 Å². The number of tetrazole rings is 1. The molecule has 0 unspecified atom stereocenters. The van der Waals surface area contributed by atoms with E-state index in [0.717, 1.165) is 0 Å². The van der Waals surface area contributed by atoms with Crippen molar-refractivity contribution < 1.29 is 14.3 Å². The Kier molecular flexibility index (Phi) is 4.20. The summed E-state index contributed by atoms with van der Waals surface area (Å²) in [6, 6.07) is 0. The molecule has 15 heavy (non-hydrogen) atoms. The lowest BCUT2D eigenvalue weighted by Gasteiger charge is -2.03. The van der Waals surface area contributed by atoms with Crippen LogP contribution >= 0.6 is 0 Å². The lowest BCUT2D eigenvalue weighted by Crippen LogP contribution is -2.29. The van der Waals surface area contributed by atoms with Crippen molar-refractivity contribution in [3.63, 3.8) is 0 Å². The quantitative estimate of drug-likeness (QED) is 0.588. The van der Waals surface area contributed by atoms with Gasteiger partial charge in [-0.05, 0) is 10.4 Å². The highest BCUT2D eigenvalue weighted by atomic mass is 16.5. The molecule has 1 rings (SSSR count). The van der Waals surface area contributed by atoms with E-state index in [4.69, 9.17) is 0 Å². The van der Waals surface area contributed by atoms with Gasteiger partial charge in [0.05, 0.1) is 13.5 Å². The average Bonchev–Trinajstić information content (AvgIpc) is 2.70. The van der Waals surface area contributed by atoms with Crippen LogP contribution in [0.2, 0.25) is 0 Å². The maximum atomic E-state index is 11.2. The zero-order valence-electron chi connectivity index (χ0n) is 8.21. The van der Waals surface area contributed by atoms with E-state index in [-0.39, 0.29) is 31.4 Å². The topological polar surface area (TPSA) is 99.0 Å². The first-order valence-electron chi connectivity index (χ1n) is 4.26. The first-order chi connectivity index (χ1) is 7.22. The molecule has 0 spiro atoms. The standard InChI is InChI=1S/C7H11N5O3/c1-15-7(14)2-3-8-6(13)4-12-5-9-10-11-12/h5H,2-4H2,1H3,(H,8,13). The Bertz CT molecular complexity index is 323. The third-order valence-electron chi connectivity index (χ3n) is 1.58. The first kappa shape index (κ1) is 11.1. The normalized spacial score (nSPS) is 9.67. The first-order valence-corrected chi connectivity index (χ1v) is 4.26. The summed E-state index contributed by atoms with van der Waals surface area (Å²) in [4.78, 5) is 21.9. The van der Waals surface area contributed by atoms with Crippen molar-refractivity contribution in [1.82, 2.24) is 25.5 Å². The molecular weight excluding hydrogens is 202 g/mol.